The molecule has 2 aromatic rings. The highest BCUT2D eigenvalue weighted by Gasteiger charge is 2.21. The molecule has 166 valence electrons. The molecule has 7 nitrogen and oxygen atoms in total. The molecule has 0 spiro atoms. The normalized spacial score (nSPS) is 14.1. The van der Waals surface area contributed by atoms with E-state index in [0.29, 0.717) is 18.8 Å². The number of nitrogens with one attached hydrogen (secondary N) is 2. The van der Waals surface area contributed by atoms with Crippen LogP contribution in [0, 0.1) is 0 Å². The van der Waals surface area contributed by atoms with Crippen molar-refractivity contribution < 1.29 is 14.4 Å². The van der Waals surface area contributed by atoms with Crippen LogP contribution in [0.3, 0.4) is 0 Å². The minimum Gasteiger partial charge on any atom is -0.352 e. The number of carbonyl (C=O) groups excluding carboxylic acids is 3. The first-order chi connectivity index (χ1) is 15.1. The summed E-state index contributed by atoms with van der Waals surface area (Å²) in [7, 11) is 0. The molecule has 0 aromatic carbocycles. The third-order valence-corrected chi connectivity index (χ3v) is 6.17. The van der Waals surface area contributed by atoms with Gasteiger partial charge in [0.2, 0.25) is 17.7 Å². The number of hydrogen-bond acceptors (Lipinski definition) is 5. The van der Waals surface area contributed by atoms with Crippen molar-refractivity contribution in [3.8, 4) is 0 Å². The highest BCUT2D eigenvalue weighted by Crippen LogP contribution is 2.18. The fourth-order valence-corrected chi connectivity index (χ4v) is 4.44. The minimum absolute atomic E-state index is 0.0490. The zero-order valence-corrected chi connectivity index (χ0v) is 18.5. The zero-order valence-electron chi connectivity index (χ0n) is 17.7. The van der Waals surface area contributed by atoms with E-state index >= 15 is 0 Å². The summed E-state index contributed by atoms with van der Waals surface area (Å²) in [4.78, 5) is 44.2. The predicted molar refractivity (Wildman–Crippen MR) is 121 cm³/mol. The van der Waals surface area contributed by atoms with Crippen molar-refractivity contribution in [2.75, 3.05) is 11.9 Å². The Balaban J connectivity index is 1.48. The average Bonchev–Trinajstić information content (AvgIpc) is 3.28. The molecule has 2 heterocycles. The molecule has 8 heteroatoms. The van der Waals surface area contributed by atoms with Crippen molar-refractivity contribution >= 4 is 34.9 Å². The summed E-state index contributed by atoms with van der Waals surface area (Å²) >= 11 is 1.56. The van der Waals surface area contributed by atoms with E-state index in [4.69, 9.17) is 0 Å². The van der Waals surface area contributed by atoms with Crippen LogP contribution in [0.2, 0.25) is 0 Å². The Kier molecular flexibility index (Phi) is 9.02. The number of carbonyl (C=O) groups is 3. The van der Waals surface area contributed by atoms with Crippen LogP contribution in [0.15, 0.2) is 41.9 Å². The highest BCUT2D eigenvalue weighted by molar-refractivity contribution is 7.09. The Morgan fingerprint density at radius 3 is 2.58 bits per heavy atom. The summed E-state index contributed by atoms with van der Waals surface area (Å²) in [5.41, 5.74) is 0. The second-order valence-electron chi connectivity index (χ2n) is 7.85. The Hall–Kier alpha value is -2.74. The first-order valence-corrected chi connectivity index (χ1v) is 11.8. The molecule has 0 bridgehead atoms. The van der Waals surface area contributed by atoms with E-state index in [9.17, 15) is 14.4 Å². The Bertz CT molecular complexity index is 836. The molecule has 1 aliphatic carbocycles. The maximum absolute atomic E-state index is 12.8. The van der Waals surface area contributed by atoms with Crippen LogP contribution < -0.4 is 10.6 Å². The predicted octanol–water partition coefficient (Wildman–Crippen LogP) is 3.73. The molecule has 1 aliphatic rings. The SMILES string of the molecule is O=C(CCCC(=O)N(CC(=O)NC1CCCCC1)Cc1cccs1)Nc1ccccn1. The van der Waals surface area contributed by atoms with Crippen LogP contribution in [0.5, 0.6) is 0 Å². The van der Waals surface area contributed by atoms with Crippen LogP contribution in [0.25, 0.3) is 0 Å². The summed E-state index contributed by atoms with van der Waals surface area (Å²) < 4.78 is 0. The molecular weight excluding hydrogens is 412 g/mol. The van der Waals surface area contributed by atoms with Gasteiger partial charge in [0, 0.05) is 30.0 Å². The van der Waals surface area contributed by atoms with Crippen molar-refractivity contribution in [1.29, 1.82) is 0 Å². The fraction of sp³-hybridized carbons (Fsp3) is 0.478. The van der Waals surface area contributed by atoms with E-state index < -0.39 is 0 Å². The summed E-state index contributed by atoms with van der Waals surface area (Å²) in [6.07, 6.45) is 8.01. The summed E-state index contributed by atoms with van der Waals surface area (Å²) in [6, 6.07) is 9.41. The van der Waals surface area contributed by atoms with Gasteiger partial charge in [-0.05, 0) is 42.8 Å². The summed E-state index contributed by atoms with van der Waals surface area (Å²) in [5, 5.41) is 7.77. The average molecular weight is 443 g/mol. The lowest BCUT2D eigenvalue weighted by atomic mass is 9.95. The number of amides is 3. The molecular formula is C23H30N4O3S. The molecule has 0 unspecified atom stereocenters. The number of pyridine rings is 1. The molecule has 0 atom stereocenters. The highest BCUT2D eigenvalue weighted by atomic mass is 32.1. The summed E-state index contributed by atoms with van der Waals surface area (Å²) in [6.45, 7) is 0.460. The standard InChI is InChI=1S/C23H30N4O3S/c28-21(26-20-11-4-5-14-24-20)12-6-13-23(30)27(16-19-10-7-15-31-19)17-22(29)25-18-8-2-1-3-9-18/h4-5,7,10-11,14-15,18H,1-3,6,8-9,12-13,16-17H2,(H,25,29)(H,24,26,28). The van der Waals surface area contributed by atoms with Gasteiger partial charge in [0.15, 0.2) is 0 Å². The van der Waals surface area contributed by atoms with E-state index in [1.165, 1.54) is 6.42 Å². The first kappa shape index (κ1) is 22.9. The third kappa shape index (κ3) is 8.13. The van der Waals surface area contributed by atoms with Crippen LogP contribution in [-0.2, 0) is 20.9 Å². The zero-order chi connectivity index (χ0) is 21.9. The van der Waals surface area contributed by atoms with Crippen molar-refractivity contribution in [3.05, 3.63) is 46.8 Å². The molecule has 2 aromatic heterocycles. The Labute approximate surface area is 187 Å². The molecule has 2 N–H and O–H groups in total. The lowest BCUT2D eigenvalue weighted by Crippen LogP contribution is -2.44. The molecule has 1 fully saturated rings. The second-order valence-corrected chi connectivity index (χ2v) is 8.88. The topological polar surface area (TPSA) is 91.4 Å². The molecule has 0 saturated heterocycles. The maximum Gasteiger partial charge on any atom is 0.239 e. The molecule has 1 saturated carbocycles. The van der Waals surface area contributed by atoms with Gasteiger partial charge in [-0.3, -0.25) is 14.4 Å². The van der Waals surface area contributed by atoms with Gasteiger partial charge in [0.1, 0.15) is 5.82 Å². The fourth-order valence-electron chi connectivity index (χ4n) is 3.72. The van der Waals surface area contributed by atoms with E-state index in [2.05, 4.69) is 15.6 Å². The van der Waals surface area contributed by atoms with Crippen molar-refractivity contribution in [2.24, 2.45) is 0 Å². The number of thiophene rings is 1. The van der Waals surface area contributed by atoms with E-state index in [1.807, 2.05) is 17.5 Å². The maximum atomic E-state index is 12.8. The van der Waals surface area contributed by atoms with Crippen LogP contribution in [-0.4, -0.2) is 40.2 Å². The largest absolute Gasteiger partial charge is 0.352 e. The van der Waals surface area contributed by atoms with E-state index in [1.54, 1.807) is 40.6 Å². The smallest absolute Gasteiger partial charge is 0.239 e. The van der Waals surface area contributed by atoms with Gasteiger partial charge in [0.05, 0.1) is 13.1 Å². The van der Waals surface area contributed by atoms with Crippen molar-refractivity contribution in [3.63, 3.8) is 0 Å². The first-order valence-electron chi connectivity index (χ1n) is 10.9. The Morgan fingerprint density at radius 1 is 1.03 bits per heavy atom. The summed E-state index contributed by atoms with van der Waals surface area (Å²) in [5.74, 6) is 0.103. The van der Waals surface area contributed by atoms with Crippen LogP contribution >= 0.6 is 11.3 Å². The molecule has 3 rings (SSSR count). The monoisotopic (exact) mass is 442 g/mol. The van der Waals surface area contributed by atoms with Crippen LogP contribution in [0.4, 0.5) is 5.82 Å². The number of anilines is 1. The molecule has 0 radical (unpaired) electrons. The van der Waals surface area contributed by atoms with Gasteiger partial charge in [-0.1, -0.05) is 31.4 Å². The van der Waals surface area contributed by atoms with Gasteiger partial charge in [-0.2, -0.15) is 0 Å². The second kappa shape index (κ2) is 12.2. The minimum atomic E-state index is -0.175. The number of nitrogens with zero attached hydrogens (tertiary/aromatic N) is 2. The van der Waals surface area contributed by atoms with Gasteiger partial charge in [-0.15, -0.1) is 11.3 Å². The van der Waals surface area contributed by atoms with Gasteiger partial charge in [0.25, 0.3) is 0 Å². The Morgan fingerprint density at radius 2 is 1.87 bits per heavy atom. The quantitative estimate of drug-likeness (QED) is 0.587. The van der Waals surface area contributed by atoms with Crippen molar-refractivity contribution in [2.45, 2.75) is 64.0 Å². The third-order valence-electron chi connectivity index (χ3n) is 5.31. The molecule has 3 amide bonds. The molecule has 0 aliphatic heterocycles. The van der Waals surface area contributed by atoms with Gasteiger partial charge in [-0.25, -0.2) is 4.98 Å². The lowest BCUT2D eigenvalue weighted by Gasteiger charge is -2.26. The number of rotatable bonds is 10. The lowest BCUT2D eigenvalue weighted by molar-refractivity contribution is -0.137. The van der Waals surface area contributed by atoms with Gasteiger partial charge >= 0.3 is 0 Å². The van der Waals surface area contributed by atoms with E-state index in [0.717, 1.165) is 30.6 Å². The number of aromatic nitrogens is 1. The van der Waals surface area contributed by atoms with Crippen molar-refractivity contribution in [1.82, 2.24) is 15.2 Å². The number of hydrogen-bond donors (Lipinski definition) is 2. The van der Waals surface area contributed by atoms with Crippen LogP contribution in [0.1, 0.15) is 56.2 Å². The van der Waals surface area contributed by atoms with Gasteiger partial charge < -0.3 is 15.5 Å². The molecule has 31 heavy (non-hydrogen) atoms. The van der Waals surface area contributed by atoms with E-state index in [-0.39, 0.29) is 43.1 Å².